The lowest BCUT2D eigenvalue weighted by atomic mass is 10.1. The summed E-state index contributed by atoms with van der Waals surface area (Å²) in [4.78, 5) is 0. The second kappa shape index (κ2) is 10.4. The molecule has 3 aromatic rings. The molecule has 0 nitrogen and oxygen atoms in total. The molecule has 0 fully saturated rings. The lowest BCUT2D eigenvalue weighted by Crippen LogP contribution is -1.99. The summed E-state index contributed by atoms with van der Waals surface area (Å²) in [5.74, 6) is 0. The van der Waals surface area contributed by atoms with Gasteiger partial charge in [-0.2, -0.15) is 0 Å². The van der Waals surface area contributed by atoms with Crippen LogP contribution < -0.4 is 0 Å². The fraction of sp³-hybridized carbons (Fsp3) is 0.167. The van der Waals surface area contributed by atoms with Gasteiger partial charge in [0, 0.05) is 10.5 Å². The van der Waals surface area contributed by atoms with E-state index in [2.05, 4.69) is 62.4 Å². The van der Waals surface area contributed by atoms with E-state index in [9.17, 15) is 0 Å². The highest BCUT2D eigenvalue weighted by molar-refractivity contribution is 8.24. The van der Waals surface area contributed by atoms with Crippen LogP contribution in [0.25, 0.3) is 0 Å². The fourth-order valence-corrected chi connectivity index (χ4v) is 5.69. The zero-order chi connectivity index (χ0) is 19.9. The third kappa shape index (κ3) is 5.77. The van der Waals surface area contributed by atoms with E-state index in [4.69, 9.17) is 24.4 Å². The molecule has 0 radical (unpaired) electrons. The fourth-order valence-electron chi connectivity index (χ4n) is 2.78. The van der Waals surface area contributed by atoms with Crippen molar-refractivity contribution >= 4 is 56.4 Å². The van der Waals surface area contributed by atoms with Gasteiger partial charge in [0.15, 0.2) is 0 Å². The minimum atomic E-state index is 0.315. The molecule has 3 rings (SSSR count). The van der Waals surface area contributed by atoms with Crippen LogP contribution in [0.1, 0.15) is 46.6 Å². The molecule has 2 unspecified atom stereocenters. The van der Waals surface area contributed by atoms with E-state index in [0.717, 1.165) is 19.5 Å². The van der Waals surface area contributed by atoms with E-state index >= 15 is 0 Å². The van der Waals surface area contributed by atoms with Gasteiger partial charge in [-0.25, -0.2) is 0 Å². The van der Waals surface area contributed by atoms with Gasteiger partial charge in [-0.15, -0.1) is 23.5 Å². The highest BCUT2D eigenvalue weighted by atomic mass is 32.2. The summed E-state index contributed by atoms with van der Waals surface area (Å²) in [6.07, 6.45) is 0. The predicted molar refractivity (Wildman–Crippen MR) is 135 cm³/mol. The lowest BCUT2D eigenvalue weighted by Gasteiger charge is -2.16. The first-order valence-electron chi connectivity index (χ1n) is 9.16. The Morgan fingerprint density at radius 1 is 0.571 bits per heavy atom. The van der Waals surface area contributed by atoms with E-state index in [1.54, 1.807) is 23.5 Å². The van der Waals surface area contributed by atoms with Crippen molar-refractivity contribution in [3.8, 4) is 0 Å². The summed E-state index contributed by atoms with van der Waals surface area (Å²) in [6, 6.07) is 29.3. The molecule has 0 aliphatic heterocycles. The lowest BCUT2D eigenvalue weighted by molar-refractivity contribution is 1.07. The highest BCUT2D eigenvalue weighted by Crippen LogP contribution is 2.35. The van der Waals surface area contributed by atoms with Crippen molar-refractivity contribution in [1.82, 2.24) is 0 Å². The smallest absolute Gasteiger partial charge is 0.0784 e. The quantitative estimate of drug-likeness (QED) is 0.357. The van der Waals surface area contributed by atoms with Crippen LogP contribution in [-0.2, 0) is 0 Å². The Hall–Kier alpha value is -1.46. The van der Waals surface area contributed by atoms with Crippen LogP contribution in [0.15, 0.2) is 84.9 Å². The van der Waals surface area contributed by atoms with Gasteiger partial charge < -0.3 is 0 Å². The standard InChI is InChI=1S/C24H22S4/c1-17(27-23(25)21-9-5-3-6-10-21)19-13-15-20(16-14-19)18(2)28-24(26)22-11-7-4-8-12-22/h3-18H,1-2H3. The Morgan fingerprint density at radius 3 is 1.21 bits per heavy atom. The van der Waals surface area contributed by atoms with Crippen molar-refractivity contribution < 1.29 is 0 Å². The van der Waals surface area contributed by atoms with Crippen molar-refractivity contribution in [2.24, 2.45) is 0 Å². The molecule has 142 valence electrons. The molecule has 0 saturated carbocycles. The summed E-state index contributed by atoms with van der Waals surface area (Å²) in [5, 5.41) is 0.630. The Morgan fingerprint density at radius 2 is 0.893 bits per heavy atom. The monoisotopic (exact) mass is 438 g/mol. The Bertz CT molecular complexity index is 839. The van der Waals surface area contributed by atoms with Gasteiger partial charge in [-0.05, 0) is 36.1 Å². The van der Waals surface area contributed by atoms with Crippen LogP contribution in [0.4, 0.5) is 0 Å². The average Bonchev–Trinajstić information content (AvgIpc) is 2.75. The molecular weight excluding hydrogens is 417 g/mol. The first-order valence-corrected chi connectivity index (χ1v) is 11.7. The van der Waals surface area contributed by atoms with Gasteiger partial charge >= 0.3 is 0 Å². The molecule has 0 N–H and O–H groups in total. The topological polar surface area (TPSA) is 0 Å². The third-order valence-corrected chi connectivity index (χ3v) is 7.66. The molecule has 2 atom stereocenters. The van der Waals surface area contributed by atoms with Gasteiger partial charge in [-0.3, -0.25) is 0 Å². The molecule has 3 aromatic carbocycles. The minimum Gasteiger partial charge on any atom is -0.106 e. The van der Waals surface area contributed by atoms with Crippen molar-refractivity contribution in [2.45, 2.75) is 24.3 Å². The molecule has 0 aliphatic rings. The Balaban J connectivity index is 1.61. The maximum absolute atomic E-state index is 5.60. The molecule has 0 spiro atoms. The molecule has 0 aliphatic carbocycles. The first kappa shape index (κ1) is 21.3. The first-order chi connectivity index (χ1) is 13.5. The zero-order valence-corrected chi connectivity index (χ0v) is 19.1. The normalized spacial score (nSPS) is 12.9. The third-order valence-electron chi connectivity index (χ3n) is 4.46. The molecular formula is C24H22S4. The molecule has 28 heavy (non-hydrogen) atoms. The summed E-state index contributed by atoms with van der Waals surface area (Å²) in [5.41, 5.74) is 4.81. The number of thioether (sulfide) groups is 2. The van der Waals surface area contributed by atoms with E-state index in [-0.39, 0.29) is 0 Å². The van der Waals surface area contributed by atoms with Crippen LogP contribution in [-0.4, -0.2) is 8.39 Å². The second-order valence-corrected chi connectivity index (χ2v) is 10.5. The van der Waals surface area contributed by atoms with E-state index in [0.29, 0.717) is 10.5 Å². The molecule has 0 bridgehead atoms. The zero-order valence-electron chi connectivity index (χ0n) is 15.9. The second-order valence-electron chi connectivity index (χ2n) is 6.49. The van der Waals surface area contributed by atoms with Crippen molar-refractivity contribution in [2.75, 3.05) is 0 Å². The number of hydrogen-bond acceptors (Lipinski definition) is 4. The van der Waals surface area contributed by atoms with E-state index in [1.807, 2.05) is 36.4 Å². The van der Waals surface area contributed by atoms with Crippen molar-refractivity contribution in [3.05, 3.63) is 107 Å². The maximum Gasteiger partial charge on any atom is 0.0784 e. The summed E-state index contributed by atoms with van der Waals surface area (Å²) in [7, 11) is 0. The summed E-state index contributed by atoms with van der Waals surface area (Å²) < 4.78 is 1.88. The largest absolute Gasteiger partial charge is 0.106 e. The average molecular weight is 439 g/mol. The number of thiocarbonyl (C=S) groups is 2. The van der Waals surface area contributed by atoms with Crippen molar-refractivity contribution in [3.63, 3.8) is 0 Å². The molecule has 0 heterocycles. The molecule has 0 amide bonds. The number of rotatable bonds is 6. The van der Waals surface area contributed by atoms with Crippen LogP contribution in [0.3, 0.4) is 0 Å². The number of hydrogen-bond donors (Lipinski definition) is 0. The van der Waals surface area contributed by atoms with Crippen LogP contribution >= 0.6 is 48.0 Å². The van der Waals surface area contributed by atoms with Gasteiger partial charge in [0.25, 0.3) is 0 Å². The summed E-state index contributed by atoms with van der Waals surface area (Å²) in [6.45, 7) is 4.41. The number of benzene rings is 3. The van der Waals surface area contributed by atoms with Crippen LogP contribution in [0, 0.1) is 0 Å². The maximum atomic E-state index is 5.60. The molecule has 0 aromatic heterocycles. The molecule has 4 heteroatoms. The van der Waals surface area contributed by atoms with E-state index < -0.39 is 0 Å². The van der Waals surface area contributed by atoms with Crippen molar-refractivity contribution in [1.29, 1.82) is 0 Å². The van der Waals surface area contributed by atoms with Crippen LogP contribution in [0.5, 0.6) is 0 Å². The van der Waals surface area contributed by atoms with Gasteiger partial charge in [-0.1, -0.05) is 109 Å². The van der Waals surface area contributed by atoms with Crippen LogP contribution in [0.2, 0.25) is 0 Å². The molecule has 0 saturated heterocycles. The van der Waals surface area contributed by atoms with Gasteiger partial charge in [0.2, 0.25) is 0 Å². The Kier molecular flexibility index (Phi) is 7.86. The van der Waals surface area contributed by atoms with E-state index in [1.165, 1.54) is 11.1 Å². The van der Waals surface area contributed by atoms with Gasteiger partial charge in [0.05, 0.1) is 8.39 Å². The van der Waals surface area contributed by atoms with Gasteiger partial charge in [0.1, 0.15) is 0 Å². The highest BCUT2D eigenvalue weighted by Gasteiger charge is 2.14. The minimum absolute atomic E-state index is 0.315. The predicted octanol–water partition coefficient (Wildman–Crippen LogP) is 8.03. The SMILES string of the molecule is CC(SC(=S)c1ccccc1)c1ccc(C(C)SC(=S)c2ccccc2)cc1. The Labute approximate surface area is 187 Å². The summed E-state index contributed by atoms with van der Waals surface area (Å²) >= 11 is 14.7.